The van der Waals surface area contributed by atoms with Gasteiger partial charge in [0.2, 0.25) is 0 Å². The normalized spacial score (nSPS) is 12.8. The molecule has 4 aromatic carbocycles. The summed E-state index contributed by atoms with van der Waals surface area (Å²) in [4.78, 5) is 26.7. The highest BCUT2D eigenvalue weighted by Crippen LogP contribution is 2.39. The van der Waals surface area contributed by atoms with E-state index in [0.717, 1.165) is 4.31 Å². The third-order valence-electron chi connectivity index (χ3n) is 5.42. The van der Waals surface area contributed by atoms with Crippen molar-refractivity contribution in [2.24, 2.45) is 0 Å². The number of para-hydroxylation sites is 1. The molecule has 0 unspecified atom stereocenters. The van der Waals surface area contributed by atoms with Gasteiger partial charge in [-0.2, -0.15) is 0 Å². The van der Waals surface area contributed by atoms with Crippen LogP contribution in [0.5, 0.6) is 0 Å². The van der Waals surface area contributed by atoms with Crippen LogP contribution in [0.15, 0.2) is 108 Å². The number of benzene rings is 4. The molecule has 0 amide bonds. The molecule has 0 bridgehead atoms. The monoisotopic (exact) mass is 439 g/mol. The quantitative estimate of drug-likeness (QED) is 0.396. The zero-order valence-electron chi connectivity index (χ0n) is 16.8. The Labute approximate surface area is 185 Å². The van der Waals surface area contributed by atoms with E-state index in [1.165, 1.54) is 12.1 Å². The number of nitrogens with zero attached hydrogens (tertiary/aromatic N) is 1. The Bertz CT molecular complexity index is 1460. The molecule has 0 saturated carbocycles. The summed E-state index contributed by atoms with van der Waals surface area (Å²) < 4.78 is 28.7. The Balaban J connectivity index is 1.80. The van der Waals surface area contributed by atoms with Crippen LogP contribution in [0.3, 0.4) is 0 Å². The molecular weight excluding hydrogens is 422 g/mol. The number of carbonyl (C=O) groups excluding carboxylic acids is 2. The van der Waals surface area contributed by atoms with E-state index in [2.05, 4.69) is 0 Å². The van der Waals surface area contributed by atoms with Gasteiger partial charge in [-0.1, -0.05) is 72.8 Å². The van der Waals surface area contributed by atoms with E-state index in [1.807, 2.05) is 0 Å². The van der Waals surface area contributed by atoms with E-state index in [0.29, 0.717) is 11.3 Å². The standard InChI is InChI=1S/C26H17NO4S/c28-25-20-14-7-8-15-21(20)26(29)24-22(25)16-9-17-23(24)27(18-10-3-1-4-11-18)32(30,31)19-12-5-2-6-13-19/h1-17H. The molecule has 0 aliphatic heterocycles. The highest BCUT2D eigenvalue weighted by atomic mass is 32.2. The number of hydrogen-bond donors (Lipinski definition) is 0. The van der Waals surface area contributed by atoms with Gasteiger partial charge in [-0.05, 0) is 30.3 Å². The average Bonchev–Trinajstić information content (AvgIpc) is 2.84. The maximum absolute atomic E-state index is 13.8. The van der Waals surface area contributed by atoms with Crippen molar-refractivity contribution < 1.29 is 18.0 Å². The molecule has 0 radical (unpaired) electrons. The molecule has 6 heteroatoms. The second kappa shape index (κ2) is 7.59. The first-order chi connectivity index (χ1) is 15.5. The number of anilines is 2. The lowest BCUT2D eigenvalue weighted by Crippen LogP contribution is -2.30. The van der Waals surface area contributed by atoms with Crippen LogP contribution < -0.4 is 4.31 Å². The fraction of sp³-hybridized carbons (Fsp3) is 0. The van der Waals surface area contributed by atoms with Gasteiger partial charge in [0.25, 0.3) is 10.0 Å². The van der Waals surface area contributed by atoms with E-state index in [4.69, 9.17) is 0 Å². The summed E-state index contributed by atoms with van der Waals surface area (Å²) in [6.45, 7) is 0. The first-order valence-corrected chi connectivity index (χ1v) is 11.4. The van der Waals surface area contributed by atoms with Crippen LogP contribution in [0.1, 0.15) is 31.8 Å². The molecule has 5 rings (SSSR count). The number of rotatable bonds is 4. The minimum atomic E-state index is -4.09. The second-order valence-electron chi connectivity index (χ2n) is 7.32. The maximum atomic E-state index is 13.8. The van der Waals surface area contributed by atoms with Crippen molar-refractivity contribution in [2.75, 3.05) is 4.31 Å². The lowest BCUT2D eigenvalue weighted by molar-refractivity contribution is 0.0979. The highest BCUT2D eigenvalue weighted by Gasteiger charge is 2.36. The summed E-state index contributed by atoms with van der Waals surface area (Å²) in [7, 11) is -4.09. The SMILES string of the molecule is O=C1c2ccccc2C(=O)c2c1cccc2N(c1ccccc1)S(=O)(=O)c1ccccc1. The maximum Gasteiger partial charge on any atom is 0.268 e. The third kappa shape index (κ3) is 3.04. The molecule has 0 fully saturated rings. The minimum absolute atomic E-state index is 0.0800. The van der Waals surface area contributed by atoms with E-state index >= 15 is 0 Å². The number of ketones is 2. The van der Waals surface area contributed by atoms with Gasteiger partial charge < -0.3 is 0 Å². The molecule has 0 heterocycles. The van der Waals surface area contributed by atoms with Crippen molar-refractivity contribution in [3.05, 3.63) is 125 Å². The summed E-state index contributed by atoms with van der Waals surface area (Å²) in [5.41, 5.74) is 1.37. The summed E-state index contributed by atoms with van der Waals surface area (Å²) in [6, 6.07) is 27.9. The molecule has 0 saturated heterocycles. The summed E-state index contributed by atoms with van der Waals surface area (Å²) in [5, 5.41) is 0. The predicted molar refractivity (Wildman–Crippen MR) is 122 cm³/mol. The van der Waals surface area contributed by atoms with Gasteiger partial charge in [-0.25, -0.2) is 12.7 Å². The first kappa shape index (κ1) is 19.9. The summed E-state index contributed by atoms with van der Waals surface area (Å²) in [6.07, 6.45) is 0. The number of hydrogen-bond acceptors (Lipinski definition) is 4. The Morgan fingerprint density at radius 1 is 0.531 bits per heavy atom. The van der Waals surface area contributed by atoms with Crippen molar-refractivity contribution in [3.63, 3.8) is 0 Å². The van der Waals surface area contributed by atoms with E-state index in [9.17, 15) is 18.0 Å². The first-order valence-electron chi connectivity index (χ1n) is 9.97. The molecule has 32 heavy (non-hydrogen) atoms. The van der Waals surface area contributed by atoms with E-state index in [1.54, 1.807) is 91.0 Å². The highest BCUT2D eigenvalue weighted by molar-refractivity contribution is 7.93. The smallest absolute Gasteiger partial charge is 0.268 e. The molecular formula is C26H17NO4S. The number of sulfonamides is 1. The van der Waals surface area contributed by atoms with Gasteiger partial charge in [0.05, 0.1) is 21.8 Å². The topological polar surface area (TPSA) is 71.5 Å². The van der Waals surface area contributed by atoms with Crippen molar-refractivity contribution in [2.45, 2.75) is 4.90 Å². The van der Waals surface area contributed by atoms with Gasteiger partial charge in [0, 0.05) is 16.7 Å². The fourth-order valence-electron chi connectivity index (χ4n) is 3.96. The Morgan fingerprint density at radius 2 is 1.06 bits per heavy atom. The van der Waals surface area contributed by atoms with Gasteiger partial charge >= 0.3 is 0 Å². The molecule has 156 valence electrons. The molecule has 0 spiro atoms. The number of carbonyl (C=O) groups is 2. The summed E-state index contributed by atoms with van der Waals surface area (Å²) >= 11 is 0. The average molecular weight is 439 g/mol. The molecule has 1 aliphatic rings. The van der Waals surface area contributed by atoms with Crippen LogP contribution in [-0.4, -0.2) is 20.0 Å². The fourth-order valence-corrected chi connectivity index (χ4v) is 5.49. The van der Waals surface area contributed by atoms with Crippen molar-refractivity contribution in [3.8, 4) is 0 Å². The third-order valence-corrected chi connectivity index (χ3v) is 7.18. The lowest BCUT2D eigenvalue weighted by atomic mass is 9.83. The Hall–Kier alpha value is -4.03. The molecule has 0 atom stereocenters. The Kier molecular flexibility index (Phi) is 4.72. The zero-order chi connectivity index (χ0) is 22.3. The molecule has 4 aromatic rings. The van der Waals surface area contributed by atoms with Crippen LogP contribution >= 0.6 is 0 Å². The summed E-state index contributed by atoms with van der Waals surface area (Å²) in [5.74, 6) is -0.683. The van der Waals surface area contributed by atoms with Gasteiger partial charge in [0.1, 0.15) is 0 Å². The van der Waals surface area contributed by atoms with Gasteiger partial charge in [0.15, 0.2) is 11.6 Å². The largest absolute Gasteiger partial charge is 0.289 e. The lowest BCUT2D eigenvalue weighted by Gasteiger charge is -2.29. The predicted octanol–water partition coefficient (Wildman–Crippen LogP) is 4.99. The van der Waals surface area contributed by atoms with Crippen molar-refractivity contribution in [1.29, 1.82) is 0 Å². The van der Waals surface area contributed by atoms with Crippen molar-refractivity contribution >= 4 is 33.0 Å². The molecule has 5 nitrogen and oxygen atoms in total. The van der Waals surface area contributed by atoms with Crippen molar-refractivity contribution in [1.82, 2.24) is 0 Å². The van der Waals surface area contributed by atoms with Crippen LogP contribution in [0, 0.1) is 0 Å². The van der Waals surface area contributed by atoms with E-state index < -0.39 is 10.0 Å². The van der Waals surface area contributed by atoms with Crippen LogP contribution in [0.25, 0.3) is 0 Å². The van der Waals surface area contributed by atoms with E-state index in [-0.39, 0.29) is 38.8 Å². The second-order valence-corrected chi connectivity index (χ2v) is 9.11. The Morgan fingerprint density at radius 3 is 1.72 bits per heavy atom. The molecule has 1 aliphatic carbocycles. The van der Waals surface area contributed by atoms with Gasteiger partial charge in [-0.15, -0.1) is 0 Å². The van der Waals surface area contributed by atoms with Crippen LogP contribution in [0.4, 0.5) is 11.4 Å². The van der Waals surface area contributed by atoms with Crippen LogP contribution in [0.2, 0.25) is 0 Å². The minimum Gasteiger partial charge on any atom is -0.289 e. The number of fused-ring (bicyclic) bond motifs is 2. The van der Waals surface area contributed by atoms with Crippen LogP contribution in [-0.2, 0) is 10.0 Å². The zero-order valence-corrected chi connectivity index (χ0v) is 17.6. The molecule has 0 N–H and O–H groups in total. The van der Waals surface area contributed by atoms with Gasteiger partial charge in [-0.3, -0.25) is 9.59 Å². The molecule has 0 aromatic heterocycles.